The maximum atomic E-state index is 9.23. The Morgan fingerprint density at radius 1 is 0.432 bits per heavy atom. The van der Waals surface area contributed by atoms with Crippen LogP contribution in [-0.2, 0) is 0 Å². The smallest absolute Gasteiger partial charge is 0.136 e. The number of fused-ring (bicyclic) bond motifs is 6. The molecule has 0 saturated heterocycles. The van der Waals surface area contributed by atoms with Gasteiger partial charge in [-0.3, -0.25) is 0 Å². The molecular weight excluding hydrogens is 448 g/mol. The van der Waals surface area contributed by atoms with Crippen LogP contribution >= 0.6 is 0 Å². The largest absolute Gasteiger partial charge is 0.456 e. The molecule has 0 atom stereocenters. The Hall–Kier alpha value is -4.88. The van der Waals surface area contributed by atoms with E-state index in [0.29, 0.717) is 0 Å². The number of benzene rings is 7. The van der Waals surface area contributed by atoms with Crippen LogP contribution in [0, 0.1) is 0 Å². The first kappa shape index (κ1) is 9.21. The van der Waals surface area contributed by atoms with Crippen LogP contribution in [0.25, 0.3) is 76.5 Å². The van der Waals surface area contributed by atoms with Gasteiger partial charge in [-0.25, -0.2) is 0 Å². The summed E-state index contributed by atoms with van der Waals surface area (Å²) in [7, 11) is 0. The van der Waals surface area contributed by atoms with Gasteiger partial charge in [-0.2, -0.15) is 0 Å². The summed E-state index contributed by atoms with van der Waals surface area (Å²) >= 11 is 0. The Morgan fingerprint density at radius 2 is 1.00 bits per heavy atom. The van der Waals surface area contributed by atoms with Gasteiger partial charge in [0.1, 0.15) is 11.2 Å². The molecule has 1 aromatic heterocycles. The zero-order chi connectivity index (χ0) is 40.9. The standard InChI is InChI=1S/C36H22O/c1-2-12-25-23(10-1)11-9-18-28(25)36-31-16-5-3-14-29(31)35(30-15-4-6-17-32(30)36)24-20-21-27-26-13-7-8-19-33(26)37-34(27)22-24/h1-22H/i1D,2D,3D,4D,5D,6D,7D,8D,9D,10D,11D,12D,13D,14D,15D,16D,17D,18D,19D. The Labute approximate surface area is 240 Å². The van der Waals surface area contributed by atoms with Gasteiger partial charge in [-0.05, 0) is 72.7 Å². The molecule has 0 aliphatic heterocycles. The Bertz CT molecular complexity index is 3100. The van der Waals surface area contributed by atoms with E-state index in [1.807, 2.05) is 0 Å². The van der Waals surface area contributed by atoms with Crippen molar-refractivity contribution in [3.05, 3.63) is 133 Å². The number of para-hydroxylation sites is 1. The van der Waals surface area contributed by atoms with Crippen molar-refractivity contribution >= 4 is 54.3 Å². The summed E-state index contributed by atoms with van der Waals surface area (Å²) in [6.45, 7) is 0. The van der Waals surface area contributed by atoms with E-state index in [4.69, 9.17) is 25.0 Å². The summed E-state index contributed by atoms with van der Waals surface area (Å²) in [5.74, 6) is 0. The summed E-state index contributed by atoms with van der Waals surface area (Å²) < 4.78 is 172. The first-order valence-electron chi connectivity index (χ1n) is 20.6. The monoisotopic (exact) mass is 489 g/mol. The minimum absolute atomic E-state index is 0.0110. The summed E-state index contributed by atoms with van der Waals surface area (Å²) in [6.07, 6.45) is 0. The van der Waals surface area contributed by atoms with Crippen molar-refractivity contribution in [3.63, 3.8) is 0 Å². The van der Waals surface area contributed by atoms with E-state index in [2.05, 4.69) is 0 Å². The molecule has 1 heterocycles. The van der Waals surface area contributed by atoms with E-state index in [1.165, 1.54) is 18.2 Å². The van der Waals surface area contributed by atoms with Gasteiger partial charge in [0.2, 0.25) is 0 Å². The van der Waals surface area contributed by atoms with Crippen molar-refractivity contribution < 1.29 is 30.5 Å². The third-order valence-corrected chi connectivity index (χ3v) is 6.34. The molecular formula is C36H22O. The predicted molar refractivity (Wildman–Crippen MR) is 157 cm³/mol. The van der Waals surface area contributed by atoms with Crippen molar-refractivity contribution in [2.24, 2.45) is 0 Å². The summed E-state index contributed by atoms with van der Waals surface area (Å²) in [5, 5.41) is -2.10. The maximum Gasteiger partial charge on any atom is 0.136 e. The molecule has 0 N–H and O–H groups in total. The van der Waals surface area contributed by atoms with Gasteiger partial charge in [0, 0.05) is 10.8 Å². The molecule has 0 radical (unpaired) electrons. The Kier molecular flexibility index (Phi) is 1.94. The molecule has 1 nitrogen and oxygen atoms in total. The topological polar surface area (TPSA) is 13.1 Å². The maximum absolute atomic E-state index is 9.23. The van der Waals surface area contributed by atoms with Crippen molar-refractivity contribution in [3.8, 4) is 22.3 Å². The van der Waals surface area contributed by atoms with Crippen molar-refractivity contribution in [2.45, 2.75) is 0 Å². The third-order valence-electron chi connectivity index (χ3n) is 6.34. The first-order valence-corrected chi connectivity index (χ1v) is 11.1. The zero-order valence-corrected chi connectivity index (χ0v) is 18.6. The number of hydrogen-bond donors (Lipinski definition) is 0. The summed E-state index contributed by atoms with van der Waals surface area (Å²) in [6, 6.07) is -8.87. The summed E-state index contributed by atoms with van der Waals surface area (Å²) in [4.78, 5) is 0. The second kappa shape index (κ2) is 7.81. The van der Waals surface area contributed by atoms with Gasteiger partial charge in [-0.15, -0.1) is 0 Å². The molecule has 0 bridgehead atoms. The quantitative estimate of drug-likeness (QED) is 0.220. The lowest BCUT2D eigenvalue weighted by molar-refractivity contribution is 0.669. The lowest BCUT2D eigenvalue weighted by atomic mass is 9.84. The van der Waals surface area contributed by atoms with Gasteiger partial charge < -0.3 is 4.42 Å². The van der Waals surface area contributed by atoms with E-state index in [9.17, 15) is 5.48 Å². The van der Waals surface area contributed by atoms with Gasteiger partial charge in [0.15, 0.2) is 0 Å². The Morgan fingerprint density at radius 3 is 1.73 bits per heavy atom. The SMILES string of the molecule is [2H]c1c([2H])c([2H])c2c(oc3cc(-c4c5c([2H])c([2H])c([2H])c([2H])c5c(-c5c([2H])c([2H])c([2H])c6c([2H])c([2H])c([2H])c([2H])c56)c5c([2H])c([2H])c([2H])c([2H])c45)ccc32)c1[2H]. The van der Waals surface area contributed by atoms with E-state index < -0.39 is 141 Å². The fourth-order valence-electron chi connectivity index (χ4n) is 4.81. The average Bonchev–Trinajstić information content (AvgIpc) is 3.57. The molecule has 0 saturated carbocycles. The number of hydrogen-bond acceptors (Lipinski definition) is 1. The highest BCUT2D eigenvalue weighted by Gasteiger charge is 2.18. The van der Waals surface area contributed by atoms with Gasteiger partial charge in [0.25, 0.3) is 0 Å². The van der Waals surface area contributed by atoms with Crippen LogP contribution in [-0.4, -0.2) is 0 Å². The molecule has 0 aliphatic carbocycles. The van der Waals surface area contributed by atoms with Crippen molar-refractivity contribution in [1.29, 1.82) is 0 Å². The molecule has 0 aliphatic rings. The normalized spacial score (nSPS) is 19.0. The first-order chi connectivity index (χ1) is 26.3. The highest BCUT2D eigenvalue weighted by atomic mass is 16.3. The van der Waals surface area contributed by atoms with Crippen LogP contribution in [0.2, 0.25) is 0 Å². The highest BCUT2D eigenvalue weighted by Crippen LogP contribution is 2.45. The van der Waals surface area contributed by atoms with Crippen LogP contribution in [0.15, 0.2) is 137 Å². The molecule has 37 heavy (non-hydrogen) atoms. The minimum atomic E-state index is -0.811. The average molecular weight is 490 g/mol. The lowest BCUT2D eigenvalue weighted by Crippen LogP contribution is -1.91. The summed E-state index contributed by atoms with van der Waals surface area (Å²) in [5.41, 5.74) is -1.19. The third kappa shape index (κ3) is 2.98. The van der Waals surface area contributed by atoms with Gasteiger partial charge in [0.05, 0.1) is 26.0 Å². The second-order valence-corrected chi connectivity index (χ2v) is 8.27. The predicted octanol–water partition coefficient (Wildman–Crippen LogP) is 10.4. The molecule has 7 aromatic carbocycles. The fourth-order valence-corrected chi connectivity index (χ4v) is 4.81. The Balaban J connectivity index is 1.71. The minimum Gasteiger partial charge on any atom is -0.456 e. The van der Waals surface area contributed by atoms with Crippen molar-refractivity contribution in [2.75, 3.05) is 0 Å². The van der Waals surface area contributed by atoms with Crippen LogP contribution in [0.1, 0.15) is 26.0 Å². The molecule has 0 unspecified atom stereocenters. The lowest BCUT2D eigenvalue weighted by Gasteiger charge is -2.18. The number of furan rings is 1. The highest BCUT2D eigenvalue weighted by molar-refractivity contribution is 6.24. The molecule has 8 rings (SSSR count). The van der Waals surface area contributed by atoms with Crippen LogP contribution in [0.3, 0.4) is 0 Å². The zero-order valence-electron chi connectivity index (χ0n) is 37.6. The molecule has 0 spiro atoms. The van der Waals surface area contributed by atoms with E-state index in [1.54, 1.807) is 0 Å². The molecule has 0 amide bonds. The van der Waals surface area contributed by atoms with E-state index >= 15 is 0 Å². The molecule has 172 valence electrons. The second-order valence-electron chi connectivity index (χ2n) is 8.27. The number of rotatable bonds is 2. The molecule has 0 fully saturated rings. The van der Waals surface area contributed by atoms with Gasteiger partial charge in [-0.1, -0.05) is 115 Å². The van der Waals surface area contributed by atoms with E-state index in [0.717, 1.165) is 0 Å². The van der Waals surface area contributed by atoms with Crippen molar-refractivity contribution in [1.82, 2.24) is 0 Å². The van der Waals surface area contributed by atoms with Crippen LogP contribution < -0.4 is 0 Å². The fraction of sp³-hybridized carbons (Fsp3) is 0. The van der Waals surface area contributed by atoms with Gasteiger partial charge >= 0.3 is 0 Å². The van der Waals surface area contributed by atoms with E-state index in [-0.39, 0.29) is 49.9 Å². The van der Waals surface area contributed by atoms with Crippen LogP contribution in [0.4, 0.5) is 0 Å². The van der Waals surface area contributed by atoms with Crippen LogP contribution in [0.5, 0.6) is 0 Å². The molecule has 1 heteroatoms. The molecule has 8 aromatic rings.